The Balaban J connectivity index is 3.14. The number of guanidine groups is 1. The molecular weight excluding hydrogens is 223 g/mol. The van der Waals surface area contributed by atoms with Crippen molar-refractivity contribution in [2.24, 2.45) is 21.1 Å². The van der Waals surface area contributed by atoms with Crippen molar-refractivity contribution in [2.45, 2.75) is 39.1 Å². The van der Waals surface area contributed by atoms with Crippen LogP contribution in [0.5, 0.6) is 0 Å². The number of aliphatic hydroxyl groups is 1. The van der Waals surface area contributed by atoms with E-state index in [0.717, 1.165) is 0 Å². The van der Waals surface area contributed by atoms with E-state index in [4.69, 9.17) is 5.73 Å². The molecule has 4 nitrogen and oxygen atoms in total. The second-order valence-corrected chi connectivity index (χ2v) is 4.77. The molecule has 1 aliphatic rings. The third-order valence-corrected chi connectivity index (χ3v) is 2.28. The lowest BCUT2D eigenvalue weighted by atomic mass is 9.84. The summed E-state index contributed by atoms with van der Waals surface area (Å²) >= 11 is 0. The van der Waals surface area contributed by atoms with Crippen LogP contribution in [-0.4, -0.2) is 28.7 Å². The average Bonchev–Trinajstić information content (AvgIpc) is 1.98. The van der Waals surface area contributed by atoms with Gasteiger partial charge in [-0.2, -0.15) is 13.2 Å². The SMILES string of the molecule is CC(C)(C)C1=NC(N)=N[C@](O)(C(F)(F)F)C1. The van der Waals surface area contributed by atoms with Crippen LogP contribution in [0.3, 0.4) is 0 Å². The van der Waals surface area contributed by atoms with Gasteiger partial charge in [0.1, 0.15) is 0 Å². The normalized spacial score (nSPS) is 27.4. The van der Waals surface area contributed by atoms with Gasteiger partial charge in [-0.15, -0.1) is 0 Å². The highest BCUT2D eigenvalue weighted by Crippen LogP contribution is 2.38. The number of alkyl halides is 3. The summed E-state index contributed by atoms with van der Waals surface area (Å²) in [6, 6.07) is 0. The summed E-state index contributed by atoms with van der Waals surface area (Å²) in [7, 11) is 0. The largest absolute Gasteiger partial charge is 0.438 e. The number of aliphatic imine (C=N–C) groups is 2. The molecule has 0 saturated carbocycles. The maximum Gasteiger partial charge on any atom is 0.438 e. The number of hydrogen-bond donors (Lipinski definition) is 2. The van der Waals surface area contributed by atoms with Crippen LogP contribution in [0.4, 0.5) is 13.2 Å². The highest BCUT2D eigenvalue weighted by molar-refractivity contribution is 6.01. The minimum Gasteiger partial charge on any atom is -0.368 e. The molecule has 0 saturated heterocycles. The van der Waals surface area contributed by atoms with E-state index in [-0.39, 0.29) is 5.71 Å². The Labute approximate surface area is 91.1 Å². The Kier molecular flexibility index (Phi) is 2.79. The fourth-order valence-electron chi connectivity index (χ4n) is 1.26. The molecule has 0 aromatic heterocycles. The van der Waals surface area contributed by atoms with E-state index in [2.05, 4.69) is 9.98 Å². The summed E-state index contributed by atoms with van der Waals surface area (Å²) < 4.78 is 37.8. The van der Waals surface area contributed by atoms with Crippen LogP contribution in [0, 0.1) is 5.41 Å². The van der Waals surface area contributed by atoms with Gasteiger partial charge in [0.05, 0.1) is 0 Å². The van der Waals surface area contributed by atoms with Crippen LogP contribution in [-0.2, 0) is 0 Å². The Hall–Kier alpha value is -1.11. The molecule has 1 rings (SSSR count). The van der Waals surface area contributed by atoms with Gasteiger partial charge in [-0.3, -0.25) is 0 Å². The molecule has 3 N–H and O–H groups in total. The molecular formula is C9H14F3N3O. The Bertz CT molecular complexity index is 354. The van der Waals surface area contributed by atoms with E-state index in [1.165, 1.54) is 0 Å². The fourth-order valence-corrected chi connectivity index (χ4v) is 1.26. The smallest absolute Gasteiger partial charge is 0.368 e. The van der Waals surface area contributed by atoms with Gasteiger partial charge in [-0.05, 0) is 0 Å². The first-order valence-corrected chi connectivity index (χ1v) is 4.68. The van der Waals surface area contributed by atoms with Crippen LogP contribution >= 0.6 is 0 Å². The first-order valence-electron chi connectivity index (χ1n) is 4.68. The maximum atomic E-state index is 12.6. The number of hydrogen-bond acceptors (Lipinski definition) is 4. The lowest BCUT2D eigenvalue weighted by molar-refractivity contribution is -0.254. The van der Waals surface area contributed by atoms with Crippen molar-refractivity contribution in [3.63, 3.8) is 0 Å². The molecule has 0 unspecified atom stereocenters. The lowest BCUT2D eigenvalue weighted by Crippen LogP contribution is -2.50. The highest BCUT2D eigenvalue weighted by Gasteiger charge is 2.56. The molecule has 1 heterocycles. The number of nitrogens with two attached hydrogens (primary N) is 1. The highest BCUT2D eigenvalue weighted by atomic mass is 19.4. The van der Waals surface area contributed by atoms with Gasteiger partial charge in [-0.1, -0.05) is 20.8 Å². The number of nitrogens with zero attached hydrogens (tertiary/aromatic N) is 2. The predicted molar refractivity (Wildman–Crippen MR) is 54.1 cm³/mol. The van der Waals surface area contributed by atoms with Crippen LogP contribution in [0.1, 0.15) is 27.2 Å². The monoisotopic (exact) mass is 237 g/mol. The van der Waals surface area contributed by atoms with Gasteiger partial charge >= 0.3 is 6.18 Å². The predicted octanol–water partition coefficient (Wildman–Crippen LogP) is 1.44. The molecule has 92 valence electrons. The zero-order valence-electron chi connectivity index (χ0n) is 9.26. The zero-order chi connectivity index (χ0) is 12.8. The van der Waals surface area contributed by atoms with E-state index in [0.29, 0.717) is 0 Å². The maximum absolute atomic E-state index is 12.6. The summed E-state index contributed by atoms with van der Waals surface area (Å²) in [6.07, 6.45) is -5.54. The minimum absolute atomic E-state index is 0.180. The van der Waals surface area contributed by atoms with Crippen molar-refractivity contribution in [2.75, 3.05) is 0 Å². The topological polar surface area (TPSA) is 71.0 Å². The standard InChI is InChI=1S/C9H14F3N3O/c1-7(2,3)5-4-8(16,9(10,11)12)15-6(13)14-5/h16H,4H2,1-3H3,(H2,13,15)/t8-/m1/s1. The Morgan fingerprint density at radius 1 is 1.31 bits per heavy atom. The van der Waals surface area contributed by atoms with Gasteiger partial charge in [0.2, 0.25) is 5.96 Å². The van der Waals surface area contributed by atoms with Crippen molar-refractivity contribution in [1.29, 1.82) is 0 Å². The van der Waals surface area contributed by atoms with Gasteiger partial charge in [0, 0.05) is 17.5 Å². The molecule has 1 atom stereocenters. The molecule has 0 aliphatic carbocycles. The average molecular weight is 237 g/mol. The first kappa shape index (κ1) is 13.0. The Morgan fingerprint density at radius 3 is 2.19 bits per heavy atom. The quantitative estimate of drug-likeness (QED) is 0.669. The molecule has 0 fully saturated rings. The summed E-state index contributed by atoms with van der Waals surface area (Å²) in [5, 5.41) is 9.44. The summed E-state index contributed by atoms with van der Waals surface area (Å²) in [5.41, 5.74) is 1.63. The molecule has 0 amide bonds. The second kappa shape index (κ2) is 3.44. The van der Waals surface area contributed by atoms with Crippen molar-refractivity contribution >= 4 is 11.7 Å². The third kappa shape index (κ3) is 2.34. The van der Waals surface area contributed by atoms with E-state index in [1.54, 1.807) is 20.8 Å². The number of halogens is 3. The van der Waals surface area contributed by atoms with Gasteiger partial charge < -0.3 is 10.8 Å². The summed E-state index contributed by atoms with van der Waals surface area (Å²) in [6.45, 7) is 5.09. The van der Waals surface area contributed by atoms with Gasteiger partial charge in [0.15, 0.2) is 0 Å². The van der Waals surface area contributed by atoms with Crippen molar-refractivity contribution in [3.8, 4) is 0 Å². The third-order valence-electron chi connectivity index (χ3n) is 2.28. The van der Waals surface area contributed by atoms with E-state index < -0.39 is 29.7 Å². The molecule has 0 aromatic carbocycles. The van der Waals surface area contributed by atoms with Gasteiger partial charge in [0.25, 0.3) is 5.72 Å². The Morgan fingerprint density at radius 2 is 1.81 bits per heavy atom. The first-order chi connectivity index (χ1) is 6.96. The second-order valence-electron chi connectivity index (χ2n) is 4.77. The summed E-state index contributed by atoms with van der Waals surface area (Å²) in [5.74, 6) is -0.545. The van der Waals surface area contributed by atoms with Crippen LogP contribution in [0.15, 0.2) is 9.98 Å². The minimum atomic E-state index is -4.86. The summed E-state index contributed by atoms with van der Waals surface area (Å²) in [4.78, 5) is 6.73. The van der Waals surface area contributed by atoms with Crippen molar-refractivity contribution in [3.05, 3.63) is 0 Å². The molecule has 1 aliphatic heterocycles. The number of rotatable bonds is 0. The molecule has 16 heavy (non-hydrogen) atoms. The van der Waals surface area contributed by atoms with Gasteiger partial charge in [-0.25, -0.2) is 9.98 Å². The molecule has 0 spiro atoms. The molecule has 0 bridgehead atoms. The molecule has 0 radical (unpaired) electrons. The fraction of sp³-hybridized carbons (Fsp3) is 0.778. The van der Waals surface area contributed by atoms with Crippen molar-refractivity contribution < 1.29 is 18.3 Å². The van der Waals surface area contributed by atoms with E-state index in [1.807, 2.05) is 0 Å². The van der Waals surface area contributed by atoms with Crippen LogP contribution in [0.2, 0.25) is 0 Å². The lowest BCUT2D eigenvalue weighted by Gasteiger charge is -2.33. The van der Waals surface area contributed by atoms with E-state index >= 15 is 0 Å². The van der Waals surface area contributed by atoms with Crippen LogP contribution in [0.25, 0.3) is 0 Å². The molecule has 7 heteroatoms. The molecule has 0 aromatic rings. The van der Waals surface area contributed by atoms with E-state index in [9.17, 15) is 18.3 Å². The van der Waals surface area contributed by atoms with Crippen LogP contribution < -0.4 is 5.73 Å². The van der Waals surface area contributed by atoms with Crippen molar-refractivity contribution in [1.82, 2.24) is 0 Å². The zero-order valence-corrected chi connectivity index (χ0v) is 9.26.